The van der Waals surface area contributed by atoms with Gasteiger partial charge in [-0.1, -0.05) is 29.3 Å². The fourth-order valence-electron chi connectivity index (χ4n) is 1.69. The number of aryl methyl sites for hydroxylation is 1. The number of hydrogen-bond acceptors (Lipinski definition) is 3. The van der Waals surface area contributed by atoms with Crippen LogP contribution >= 0.6 is 11.6 Å². The van der Waals surface area contributed by atoms with E-state index in [0.29, 0.717) is 17.3 Å². The zero-order valence-electron chi connectivity index (χ0n) is 11.3. The predicted molar refractivity (Wildman–Crippen MR) is 82.6 cm³/mol. The second-order valence-corrected chi connectivity index (χ2v) is 5.10. The molecule has 20 heavy (non-hydrogen) atoms. The van der Waals surface area contributed by atoms with Crippen LogP contribution in [-0.4, -0.2) is 24.4 Å². The molecule has 0 aliphatic rings. The first-order valence-corrected chi connectivity index (χ1v) is 6.88. The second kappa shape index (κ2) is 7.17. The highest BCUT2D eigenvalue weighted by Gasteiger charge is 2.05. The molecular formula is C16H18ClNO2. The quantitative estimate of drug-likeness (QED) is 0.856. The molecule has 0 fully saturated rings. The zero-order valence-corrected chi connectivity index (χ0v) is 12.1. The number of aliphatic hydroxyl groups excluding tert-OH is 1. The summed E-state index contributed by atoms with van der Waals surface area (Å²) in [5, 5.41) is 13.7. The highest BCUT2D eigenvalue weighted by atomic mass is 35.5. The largest absolute Gasteiger partial charge is 0.491 e. The Balaban J connectivity index is 1.73. The van der Waals surface area contributed by atoms with Gasteiger partial charge in [0.2, 0.25) is 0 Å². The minimum Gasteiger partial charge on any atom is -0.491 e. The maximum atomic E-state index is 9.87. The molecule has 2 N–H and O–H groups in total. The van der Waals surface area contributed by atoms with Crippen molar-refractivity contribution in [2.24, 2.45) is 0 Å². The third kappa shape index (κ3) is 4.76. The fourth-order valence-corrected chi connectivity index (χ4v) is 1.82. The van der Waals surface area contributed by atoms with Crippen LogP contribution in [0.5, 0.6) is 5.75 Å². The van der Waals surface area contributed by atoms with Crippen molar-refractivity contribution in [3.8, 4) is 5.75 Å². The van der Waals surface area contributed by atoms with Crippen molar-refractivity contribution in [2.45, 2.75) is 13.0 Å². The Hall–Kier alpha value is -1.71. The van der Waals surface area contributed by atoms with Crippen LogP contribution in [0.4, 0.5) is 5.69 Å². The molecule has 1 unspecified atom stereocenters. The SMILES string of the molecule is Cc1ccc(NCC(O)COc2ccc(Cl)cc2)cc1. The summed E-state index contributed by atoms with van der Waals surface area (Å²) in [5.74, 6) is 0.698. The van der Waals surface area contributed by atoms with Crippen LogP contribution in [0.2, 0.25) is 5.02 Å². The lowest BCUT2D eigenvalue weighted by atomic mass is 10.2. The van der Waals surface area contributed by atoms with E-state index < -0.39 is 6.10 Å². The first-order valence-electron chi connectivity index (χ1n) is 6.50. The van der Waals surface area contributed by atoms with Crippen LogP contribution in [0.15, 0.2) is 48.5 Å². The summed E-state index contributed by atoms with van der Waals surface area (Å²) in [6.07, 6.45) is -0.577. The Morgan fingerprint density at radius 1 is 1.10 bits per heavy atom. The first-order chi connectivity index (χ1) is 9.63. The predicted octanol–water partition coefficient (Wildman–Crippen LogP) is 3.50. The van der Waals surface area contributed by atoms with Crippen molar-refractivity contribution in [2.75, 3.05) is 18.5 Å². The summed E-state index contributed by atoms with van der Waals surface area (Å²) in [6.45, 7) is 2.72. The van der Waals surface area contributed by atoms with E-state index in [9.17, 15) is 5.11 Å². The lowest BCUT2D eigenvalue weighted by molar-refractivity contribution is 0.117. The fraction of sp³-hybridized carbons (Fsp3) is 0.250. The third-order valence-electron chi connectivity index (χ3n) is 2.85. The van der Waals surface area contributed by atoms with E-state index >= 15 is 0 Å². The molecule has 0 aliphatic heterocycles. The highest BCUT2D eigenvalue weighted by Crippen LogP contribution is 2.15. The number of benzene rings is 2. The molecule has 0 spiro atoms. The molecule has 106 valence electrons. The number of nitrogens with one attached hydrogen (secondary N) is 1. The van der Waals surface area contributed by atoms with Crippen molar-refractivity contribution in [1.29, 1.82) is 0 Å². The van der Waals surface area contributed by atoms with Crippen LogP contribution < -0.4 is 10.1 Å². The van der Waals surface area contributed by atoms with Gasteiger partial charge in [0.15, 0.2) is 0 Å². The van der Waals surface area contributed by atoms with Gasteiger partial charge in [-0.25, -0.2) is 0 Å². The van der Waals surface area contributed by atoms with Gasteiger partial charge >= 0.3 is 0 Å². The molecule has 0 aliphatic carbocycles. The maximum Gasteiger partial charge on any atom is 0.119 e. The van der Waals surface area contributed by atoms with Crippen molar-refractivity contribution in [3.63, 3.8) is 0 Å². The van der Waals surface area contributed by atoms with Gasteiger partial charge in [-0.05, 0) is 43.3 Å². The Kier molecular flexibility index (Phi) is 5.27. The van der Waals surface area contributed by atoms with Crippen LogP contribution in [0.3, 0.4) is 0 Å². The standard InChI is InChI=1S/C16H18ClNO2/c1-12-2-6-14(7-3-12)18-10-15(19)11-20-16-8-4-13(17)5-9-16/h2-9,15,18-19H,10-11H2,1H3. The monoisotopic (exact) mass is 291 g/mol. The molecule has 0 radical (unpaired) electrons. The summed E-state index contributed by atoms with van der Waals surface area (Å²) in [6, 6.07) is 15.1. The minimum atomic E-state index is -0.577. The number of anilines is 1. The number of halogens is 1. The number of rotatable bonds is 6. The van der Waals surface area contributed by atoms with Crippen LogP contribution in [-0.2, 0) is 0 Å². The van der Waals surface area contributed by atoms with Gasteiger partial charge < -0.3 is 15.2 Å². The molecule has 0 heterocycles. The molecule has 2 aromatic rings. The van der Waals surface area contributed by atoms with E-state index in [1.807, 2.05) is 31.2 Å². The summed E-state index contributed by atoms with van der Waals surface area (Å²) in [4.78, 5) is 0. The Bertz CT molecular complexity index is 476. The molecule has 0 aromatic heterocycles. The Morgan fingerprint density at radius 2 is 1.75 bits per heavy atom. The van der Waals surface area contributed by atoms with Gasteiger partial charge in [-0.15, -0.1) is 0 Å². The van der Waals surface area contributed by atoms with E-state index in [4.69, 9.17) is 16.3 Å². The van der Waals surface area contributed by atoms with Crippen LogP contribution in [0.1, 0.15) is 5.56 Å². The summed E-state index contributed by atoms with van der Waals surface area (Å²) in [7, 11) is 0. The summed E-state index contributed by atoms with van der Waals surface area (Å²) >= 11 is 5.79. The second-order valence-electron chi connectivity index (χ2n) is 4.67. The Labute approximate surface area is 124 Å². The van der Waals surface area contributed by atoms with Crippen molar-refractivity contribution < 1.29 is 9.84 Å². The summed E-state index contributed by atoms with van der Waals surface area (Å²) < 4.78 is 5.48. The average molecular weight is 292 g/mol. The van der Waals surface area contributed by atoms with Crippen LogP contribution in [0.25, 0.3) is 0 Å². The van der Waals surface area contributed by atoms with E-state index in [1.54, 1.807) is 24.3 Å². The van der Waals surface area contributed by atoms with E-state index in [-0.39, 0.29) is 6.61 Å². The minimum absolute atomic E-state index is 0.237. The molecule has 1 atom stereocenters. The number of ether oxygens (including phenoxy) is 1. The molecule has 2 aromatic carbocycles. The van der Waals surface area contributed by atoms with Gasteiger partial charge in [0.1, 0.15) is 18.5 Å². The van der Waals surface area contributed by atoms with Crippen LogP contribution in [0, 0.1) is 6.92 Å². The number of hydrogen-bond donors (Lipinski definition) is 2. The molecule has 0 bridgehead atoms. The normalized spacial score (nSPS) is 11.9. The molecule has 2 rings (SSSR count). The van der Waals surface area contributed by atoms with Crippen molar-refractivity contribution in [1.82, 2.24) is 0 Å². The third-order valence-corrected chi connectivity index (χ3v) is 3.10. The lowest BCUT2D eigenvalue weighted by Gasteiger charge is -2.14. The highest BCUT2D eigenvalue weighted by molar-refractivity contribution is 6.30. The van der Waals surface area contributed by atoms with Crippen molar-refractivity contribution >= 4 is 17.3 Å². The molecule has 4 heteroatoms. The molecule has 0 saturated heterocycles. The molecule has 0 amide bonds. The van der Waals surface area contributed by atoms with Gasteiger partial charge in [0.25, 0.3) is 0 Å². The van der Waals surface area contributed by atoms with E-state index in [1.165, 1.54) is 5.56 Å². The topological polar surface area (TPSA) is 41.5 Å². The molecular weight excluding hydrogens is 274 g/mol. The molecule has 0 saturated carbocycles. The van der Waals surface area contributed by atoms with E-state index in [2.05, 4.69) is 5.32 Å². The molecule has 3 nitrogen and oxygen atoms in total. The number of aliphatic hydroxyl groups is 1. The van der Waals surface area contributed by atoms with Crippen molar-refractivity contribution in [3.05, 3.63) is 59.1 Å². The average Bonchev–Trinajstić information content (AvgIpc) is 2.46. The summed E-state index contributed by atoms with van der Waals surface area (Å²) in [5.41, 5.74) is 2.20. The lowest BCUT2D eigenvalue weighted by Crippen LogP contribution is -2.26. The van der Waals surface area contributed by atoms with E-state index in [0.717, 1.165) is 5.69 Å². The maximum absolute atomic E-state index is 9.87. The van der Waals surface area contributed by atoms with Gasteiger partial charge in [-0.2, -0.15) is 0 Å². The van der Waals surface area contributed by atoms with Gasteiger partial charge in [0.05, 0.1) is 0 Å². The van der Waals surface area contributed by atoms with Gasteiger partial charge in [-0.3, -0.25) is 0 Å². The first kappa shape index (κ1) is 14.7. The zero-order chi connectivity index (χ0) is 14.4. The Morgan fingerprint density at radius 3 is 2.40 bits per heavy atom. The smallest absolute Gasteiger partial charge is 0.119 e. The van der Waals surface area contributed by atoms with Gasteiger partial charge in [0, 0.05) is 17.3 Å².